The topological polar surface area (TPSA) is 66.6 Å². The Bertz CT molecular complexity index is 384. The molecule has 15 heavy (non-hydrogen) atoms. The van der Waals surface area contributed by atoms with Crippen molar-refractivity contribution in [2.45, 2.75) is 25.9 Å². The predicted octanol–water partition coefficient (Wildman–Crippen LogP) is 0.580. The van der Waals surface area contributed by atoms with Gasteiger partial charge >= 0.3 is 0 Å². The number of amides is 1. The summed E-state index contributed by atoms with van der Waals surface area (Å²) in [5.41, 5.74) is -0.0459. The van der Waals surface area contributed by atoms with Gasteiger partial charge in [-0.2, -0.15) is 0 Å². The molecule has 2 heterocycles. The molecule has 0 bridgehead atoms. The lowest BCUT2D eigenvalue weighted by Crippen LogP contribution is -2.33. The summed E-state index contributed by atoms with van der Waals surface area (Å²) < 4.78 is 4.88. The average Bonchev–Trinajstić information content (AvgIpc) is 2.71. The molecule has 1 aliphatic rings. The standard InChI is InChI=1S/C10H14N2O3/c1-7-5-11-15-8(7)9(13)12-4-3-10(2,14)6-12/h5,14H,3-4,6H2,1-2H3. The molecule has 5 heteroatoms. The molecule has 0 saturated carbocycles. The van der Waals surface area contributed by atoms with E-state index in [2.05, 4.69) is 5.16 Å². The van der Waals surface area contributed by atoms with Crippen molar-refractivity contribution in [1.82, 2.24) is 10.1 Å². The van der Waals surface area contributed by atoms with Crippen molar-refractivity contribution >= 4 is 5.91 Å². The minimum atomic E-state index is -0.774. The number of aliphatic hydroxyl groups is 1. The van der Waals surface area contributed by atoms with Crippen LogP contribution in [0.25, 0.3) is 0 Å². The summed E-state index contributed by atoms with van der Waals surface area (Å²) in [4.78, 5) is 13.5. The van der Waals surface area contributed by atoms with Gasteiger partial charge in [0.1, 0.15) is 0 Å². The molecule has 1 aliphatic heterocycles. The Kier molecular flexibility index (Phi) is 2.26. The van der Waals surface area contributed by atoms with E-state index in [1.807, 2.05) is 0 Å². The van der Waals surface area contributed by atoms with E-state index in [1.165, 1.54) is 6.20 Å². The molecule has 1 fully saturated rings. The lowest BCUT2D eigenvalue weighted by atomic mass is 10.1. The van der Waals surface area contributed by atoms with E-state index in [-0.39, 0.29) is 11.7 Å². The van der Waals surface area contributed by atoms with Gasteiger partial charge in [0, 0.05) is 18.7 Å². The largest absolute Gasteiger partial charge is 0.388 e. The first-order valence-electron chi connectivity index (χ1n) is 4.92. The molecule has 0 radical (unpaired) electrons. The maximum atomic E-state index is 11.9. The molecular weight excluding hydrogens is 196 g/mol. The fourth-order valence-electron chi connectivity index (χ4n) is 1.76. The summed E-state index contributed by atoms with van der Waals surface area (Å²) in [5.74, 6) is 0.0791. The predicted molar refractivity (Wildman–Crippen MR) is 52.4 cm³/mol. The molecule has 1 aromatic rings. The van der Waals surface area contributed by atoms with E-state index in [1.54, 1.807) is 18.7 Å². The first-order chi connectivity index (χ1) is 6.99. The molecule has 1 saturated heterocycles. The Hall–Kier alpha value is -1.36. The Labute approximate surface area is 87.7 Å². The van der Waals surface area contributed by atoms with Crippen molar-refractivity contribution in [3.8, 4) is 0 Å². The smallest absolute Gasteiger partial charge is 0.292 e. The highest BCUT2D eigenvalue weighted by molar-refractivity contribution is 5.92. The minimum absolute atomic E-state index is 0.192. The third-order valence-electron chi connectivity index (χ3n) is 2.68. The van der Waals surface area contributed by atoms with E-state index in [9.17, 15) is 9.90 Å². The molecule has 5 nitrogen and oxygen atoms in total. The van der Waals surface area contributed by atoms with E-state index in [4.69, 9.17) is 4.52 Å². The molecule has 1 N–H and O–H groups in total. The molecule has 0 spiro atoms. The second-order valence-corrected chi connectivity index (χ2v) is 4.31. The van der Waals surface area contributed by atoms with Crippen LogP contribution in [-0.4, -0.2) is 39.8 Å². The number of hydrogen-bond donors (Lipinski definition) is 1. The summed E-state index contributed by atoms with van der Waals surface area (Å²) in [7, 11) is 0. The molecule has 0 aliphatic carbocycles. The van der Waals surface area contributed by atoms with Gasteiger partial charge in [-0.05, 0) is 20.3 Å². The van der Waals surface area contributed by atoms with Crippen molar-refractivity contribution < 1.29 is 14.4 Å². The van der Waals surface area contributed by atoms with Crippen LogP contribution in [0.4, 0.5) is 0 Å². The van der Waals surface area contributed by atoms with Crippen LogP contribution in [0.3, 0.4) is 0 Å². The minimum Gasteiger partial charge on any atom is -0.388 e. The normalized spacial score (nSPS) is 25.9. The van der Waals surface area contributed by atoms with Crippen LogP contribution < -0.4 is 0 Å². The molecule has 1 unspecified atom stereocenters. The average molecular weight is 210 g/mol. The lowest BCUT2D eigenvalue weighted by molar-refractivity contribution is 0.0549. The fraction of sp³-hybridized carbons (Fsp3) is 0.600. The van der Waals surface area contributed by atoms with E-state index >= 15 is 0 Å². The Morgan fingerprint density at radius 1 is 1.73 bits per heavy atom. The molecular formula is C10H14N2O3. The summed E-state index contributed by atoms with van der Waals surface area (Å²) >= 11 is 0. The highest BCUT2D eigenvalue weighted by Gasteiger charge is 2.35. The summed E-state index contributed by atoms with van der Waals surface area (Å²) in [6.45, 7) is 4.42. The maximum Gasteiger partial charge on any atom is 0.292 e. The number of likely N-dealkylation sites (tertiary alicyclic amines) is 1. The molecule has 1 amide bonds. The fourth-order valence-corrected chi connectivity index (χ4v) is 1.76. The van der Waals surface area contributed by atoms with Crippen molar-refractivity contribution in [1.29, 1.82) is 0 Å². The monoisotopic (exact) mass is 210 g/mol. The zero-order valence-corrected chi connectivity index (χ0v) is 8.86. The van der Waals surface area contributed by atoms with Crippen LogP contribution in [-0.2, 0) is 0 Å². The molecule has 82 valence electrons. The van der Waals surface area contributed by atoms with Gasteiger partial charge in [0.05, 0.1) is 11.8 Å². The van der Waals surface area contributed by atoms with Crippen molar-refractivity contribution in [3.63, 3.8) is 0 Å². The molecule has 1 atom stereocenters. The van der Waals surface area contributed by atoms with Crippen LogP contribution in [0.5, 0.6) is 0 Å². The Balaban J connectivity index is 2.14. The number of aromatic nitrogens is 1. The number of aryl methyl sites for hydroxylation is 1. The zero-order chi connectivity index (χ0) is 11.1. The zero-order valence-electron chi connectivity index (χ0n) is 8.86. The number of rotatable bonds is 1. The number of hydrogen-bond acceptors (Lipinski definition) is 4. The van der Waals surface area contributed by atoms with Crippen LogP contribution in [0.2, 0.25) is 0 Å². The summed E-state index contributed by atoms with van der Waals surface area (Å²) in [6.07, 6.45) is 2.12. The lowest BCUT2D eigenvalue weighted by Gasteiger charge is -2.17. The molecule has 2 rings (SSSR count). The van der Waals surface area contributed by atoms with Crippen molar-refractivity contribution in [2.24, 2.45) is 0 Å². The first kappa shape index (κ1) is 10.2. The van der Waals surface area contributed by atoms with Gasteiger partial charge in [0.2, 0.25) is 5.76 Å². The SMILES string of the molecule is Cc1cnoc1C(=O)N1CCC(C)(O)C1. The summed E-state index contributed by atoms with van der Waals surface area (Å²) in [6, 6.07) is 0. The molecule has 0 aromatic carbocycles. The number of nitrogens with zero attached hydrogens (tertiary/aromatic N) is 2. The highest BCUT2D eigenvalue weighted by Crippen LogP contribution is 2.22. The van der Waals surface area contributed by atoms with E-state index in [0.29, 0.717) is 19.5 Å². The van der Waals surface area contributed by atoms with Crippen LogP contribution in [0.15, 0.2) is 10.7 Å². The molecule has 1 aromatic heterocycles. The van der Waals surface area contributed by atoms with Gasteiger partial charge in [0.15, 0.2) is 0 Å². The first-order valence-corrected chi connectivity index (χ1v) is 4.92. The second-order valence-electron chi connectivity index (χ2n) is 4.31. The van der Waals surface area contributed by atoms with Gasteiger partial charge in [-0.25, -0.2) is 0 Å². The Morgan fingerprint density at radius 3 is 2.93 bits per heavy atom. The van der Waals surface area contributed by atoms with Crippen LogP contribution in [0, 0.1) is 6.92 Å². The quantitative estimate of drug-likeness (QED) is 0.736. The van der Waals surface area contributed by atoms with Crippen LogP contribution >= 0.6 is 0 Å². The number of β-amino-alcohol motifs (C(OH)–C–C–N with tert-alkyl or cyclic N) is 1. The van der Waals surface area contributed by atoms with Gasteiger partial charge in [-0.3, -0.25) is 4.79 Å². The van der Waals surface area contributed by atoms with Crippen molar-refractivity contribution in [2.75, 3.05) is 13.1 Å². The maximum absolute atomic E-state index is 11.9. The van der Waals surface area contributed by atoms with Gasteiger partial charge < -0.3 is 14.5 Å². The third-order valence-corrected chi connectivity index (χ3v) is 2.68. The second kappa shape index (κ2) is 3.34. The number of carbonyl (C=O) groups excluding carboxylic acids is 1. The van der Waals surface area contributed by atoms with Crippen LogP contribution in [0.1, 0.15) is 29.5 Å². The van der Waals surface area contributed by atoms with E-state index in [0.717, 1.165) is 5.56 Å². The van der Waals surface area contributed by atoms with Gasteiger partial charge in [0.25, 0.3) is 5.91 Å². The third kappa shape index (κ3) is 1.87. The number of carbonyl (C=O) groups is 1. The van der Waals surface area contributed by atoms with E-state index < -0.39 is 5.60 Å². The van der Waals surface area contributed by atoms with Crippen molar-refractivity contribution in [3.05, 3.63) is 17.5 Å². The van der Waals surface area contributed by atoms with Gasteiger partial charge in [-0.1, -0.05) is 5.16 Å². The van der Waals surface area contributed by atoms with Gasteiger partial charge in [-0.15, -0.1) is 0 Å². The Morgan fingerprint density at radius 2 is 2.47 bits per heavy atom. The summed E-state index contributed by atoms with van der Waals surface area (Å²) in [5, 5.41) is 13.3. The highest BCUT2D eigenvalue weighted by atomic mass is 16.5.